The number of nitrogens with zero attached hydrogens (tertiary/aromatic N) is 12. The number of anilines is 2. The Hall–Kier alpha value is -6.21. The zero-order chi connectivity index (χ0) is 51.7. The Morgan fingerprint density at radius 2 is 1.00 bits per heavy atom. The normalized spacial score (nSPS) is 10.4. The summed E-state index contributed by atoms with van der Waals surface area (Å²) in [6.45, 7) is 3.81. The Bertz CT molecular complexity index is 3320. The van der Waals surface area contributed by atoms with E-state index in [0.717, 1.165) is 28.2 Å². The van der Waals surface area contributed by atoms with Gasteiger partial charge < -0.3 is 55.0 Å². The molecule has 2 aromatic carbocycles. The lowest BCUT2D eigenvalue weighted by Crippen LogP contribution is -2.21. The highest BCUT2D eigenvalue weighted by atomic mass is 127. The van der Waals surface area contributed by atoms with E-state index in [9.17, 15) is 9.59 Å². The first kappa shape index (κ1) is 57.4. The summed E-state index contributed by atoms with van der Waals surface area (Å²) >= 11 is 21.9. The second kappa shape index (κ2) is 25.3. The van der Waals surface area contributed by atoms with Crippen LogP contribution in [0, 0.1) is 13.8 Å². The third-order valence-corrected chi connectivity index (χ3v) is 11.5. The Morgan fingerprint density at radius 3 is 1.42 bits per heavy atom. The van der Waals surface area contributed by atoms with Crippen LogP contribution in [0.25, 0.3) is 56.4 Å². The topological polar surface area (TPSA) is 246 Å². The van der Waals surface area contributed by atoms with Gasteiger partial charge >= 0.3 is 0 Å². The standard InChI is InChI=1S/C22H22ClN7O3.C13H12Cl2N2O3.C9H10BrN5.B2.HI/c1-11-14(9-30(3)28-11)15-8-25-21(24)20(26-15)16-10-29(2)22(31)19(27-16)13-6-12(32-4)7-17(33-5)18(13)23;1-17-6-10(14)16-12(13(17)18)8-4-7(19-2)5-9(20-3)11(8)15;1-5-6(4-15(2)14-5)7-3-12-9(11)8(10)13-7;1-2;/h6-10H,1-5H3,(H2,24,25);4-6H,1-3H3;3-4H,1-2H3,(H2,11,12);;1H/q;;;-1;. The predicted molar refractivity (Wildman–Crippen MR) is 291 cm³/mol. The van der Waals surface area contributed by atoms with E-state index in [1.807, 2.05) is 40.3 Å². The molecule has 71 heavy (non-hydrogen) atoms. The second-order valence-corrected chi connectivity index (χ2v) is 16.5. The van der Waals surface area contributed by atoms with Crippen molar-refractivity contribution in [3.05, 3.63) is 113 Å². The summed E-state index contributed by atoms with van der Waals surface area (Å²) in [5.41, 5.74) is 17.6. The van der Waals surface area contributed by atoms with Crippen LogP contribution in [-0.4, -0.2) is 103 Å². The highest BCUT2D eigenvalue weighted by Gasteiger charge is 2.22. The quantitative estimate of drug-likeness (QED) is 0.109. The van der Waals surface area contributed by atoms with Crippen molar-refractivity contribution in [2.75, 3.05) is 39.9 Å². The van der Waals surface area contributed by atoms with E-state index in [0.29, 0.717) is 61.6 Å². The average Bonchev–Trinajstić information content (AvgIpc) is 3.88. The van der Waals surface area contributed by atoms with Crippen molar-refractivity contribution in [1.29, 1.82) is 0 Å². The number of hydrogen-bond donors (Lipinski definition) is 2. The smallest absolute Gasteiger partial charge is 0.276 e. The summed E-state index contributed by atoms with van der Waals surface area (Å²) in [6, 6.07) is 6.50. The van der Waals surface area contributed by atoms with Crippen LogP contribution in [0.2, 0.25) is 15.2 Å². The number of nitrogen functional groups attached to an aromatic ring is 2. The Morgan fingerprint density at radius 1 is 0.577 bits per heavy atom. The Labute approximate surface area is 451 Å². The van der Waals surface area contributed by atoms with Gasteiger partial charge in [0.15, 0.2) is 11.6 Å². The van der Waals surface area contributed by atoms with E-state index in [2.05, 4.69) is 71.5 Å². The van der Waals surface area contributed by atoms with Crippen molar-refractivity contribution in [2.24, 2.45) is 28.2 Å². The lowest BCUT2D eigenvalue weighted by Gasteiger charge is -2.13. The Kier molecular flexibility index (Phi) is 20.4. The van der Waals surface area contributed by atoms with Crippen LogP contribution in [-0.2, 0) is 28.2 Å². The molecule has 20 nitrogen and oxygen atoms in total. The zero-order valence-electron chi connectivity index (χ0n) is 39.8. The van der Waals surface area contributed by atoms with Crippen molar-refractivity contribution < 1.29 is 18.9 Å². The first-order valence-corrected chi connectivity index (χ1v) is 22.1. The van der Waals surface area contributed by atoms with Gasteiger partial charge in [-0.2, -0.15) is 10.2 Å². The molecule has 0 bridgehead atoms. The molecule has 0 unspecified atom stereocenters. The zero-order valence-corrected chi connectivity index (χ0v) is 46.0. The molecule has 0 atom stereocenters. The number of aryl methyl sites for hydroxylation is 6. The van der Waals surface area contributed by atoms with Crippen LogP contribution in [0.4, 0.5) is 11.6 Å². The number of halogens is 5. The SMILES string of the molecule is COc1cc(OC)c(Cl)c(-c2nc(-c3nc(-c4cn(C)nc4C)cnc3N)cn(C)c2=O)c1.COc1cc(OC)c(Cl)c(-c2nc(Cl)cn(C)c2=O)c1.Cc1nn(C)cc1-c1cnc(N)c(Br)n1.I.[B][B-]. The van der Waals surface area contributed by atoms with Gasteiger partial charge in [0.1, 0.15) is 55.5 Å². The fraction of sp³-hybridized carbons (Fsp3) is 0.227. The van der Waals surface area contributed by atoms with Gasteiger partial charge in [0, 0.05) is 87.4 Å². The van der Waals surface area contributed by atoms with Crippen molar-refractivity contribution in [2.45, 2.75) is 13.8 Å². The predicted octanol–water partition coefficient (Wildman–Crippen LogP) is 7.02. The number of methoxy groups -OCH3 is 4. The van der Waals surface area contributed by atoms with Crippen LogP contribution in [0.3, 0.4) is 0 Å². The second-order valence-electron chi connectivity index (χ2n) is 14.6. The van der Waals surface area contributed by atoms with Crippen LogP contribution in [0.5, 0.6) is 23.0 Å². The first-order chi connectivity index (χ1) is 33.3. The van der Waals surface area contributed by atoms with Crippen LogP contribution in [0.1, 0.15) is 11.4 Å². The first-order valence-electron chi connectivity index (χ1n) is 20.2. The summed E-state index contributed by atoms with van der Waals surface area (Å²) in [4.78, 5) is 51.1. The number of rotatable bonds is 9. The lowest BCUT2D eigenvalue weighted by molar-refractivity contribution is 0.394. The van der Waals surface area contributed by atoms with Gasteiger partial charge in [-0.05, 0) is 41.9 Å². The van der Waals surface area contributed by atoms with Gasteiger partial charge in [-0.15, -0.1) is 24.0 Å². The molecule has 0 saturated carbocycles. The molecule has 8 rings (SSSR count). The molecule has 369 valence electrons. The molecule has 8 aromatic rings. The minimum atomic E-state index is -0.359. The molecule has 0 saturated heterocycles. The molecule has 0 spiro atoms. The van der Waals surface area contributed by atoms with Crippen LogP contribution < -0.4 is 41.5 Å². The van der Waals surface area contributed by atoms with Crippen LogP contribution in [0.15, 0.2) is 75.6 Å². The molecule has 4 N–H and O–H groups in total. The number of aromatic nitrogens is 12. The molecule has 0 amide bonds. The lowest BCUT2D eigenvalue weighted by atomic mass is 9.81. The number of hydrogen-bond acceptors (Lipinski definition) is 16. The third kappa shape index (κ3) is 13.2. The Balaban J connectivity index is 0.000000246. The molecule has 27 heteroatoms. The van der Waals surface area contributed by atoms with Gasteiger partial charge in [-0.1, -0.05) is 34.8 Å². The van der Waals surface area contributed by atoms with Crippen molar-refractivity contribution in [3.8, 4) is 79.4 Å². The van der Waals surface area contributed by atoms with Crippen molar-refractivity contribution in [3.63, 3.8) is 0 Å². The number of benzene rings is 2. The summed E-state index contributed by atoms with van der Waals surface area (Å²) in [5, 5.41) is 9.30. The minimum Gasteiger partial charge on any atom is -0.693 e. The fourth-order valence-corrected chi connectivity index (χ4v) is 7.66. The minimum absolute atomic E-state index is 0. The summed E-state index contributed by atoms with van der Waals surface area (Å²) in [7, 11) is 20.9. The maximum absolute atomic E-state index is 13.0. The molecule has 6 aromatic heterocycles. The van der Waals surface area contributed by atoms with Gasteiger partial charge in [0.05, 0.1) is 73.7 Å². The fourth-order valence-electron chi connectivity index (χ4n) is 6.59. The van der Waals surface area contributed by atoms with E-state index in [1.54, 1.807) is 66.3 Å². The highest BCUT2D eigenvalue weighted by molar-refractivity contribution is 14.0. The average molecular weight is 1200 g/mol. The molecule has 0 fully saturated rings. The van der Waals surface area contributed by atoms with E-state index in [-0.39, 0.29) is 67.5 Å². The van der Waals surface area contributed by atoms with Crippen LogP contribution >= 0.6 is 74.7 Å². The van der Waals surface area contributed by atoms with E-state index >= 15 is 0 Å². The molecule has 0 aliphatic carbocycles. The summed E-state index contributed by atoms with van der Waals surface area (Å²) in [5.74, 6) is 2.28. The molecular weight excluding hydrogens is 1160 g/mol. The van der Waals surface area contributed by atoms with E-state index < -0.39 is 0 Å². The molecule has 5 radical (unpaired) electrons. The molecular formula is C44H45B2BrCl3IN14O6-. The largest absolute Gasteiger partial charge is 0.693 e. The van der Waals surface area contributed by atoms with Gasteiger partial charge in [0.2, 0.25) is 0 Å². The summed E-state index contributed by atoms with van der Waals surface area (Å²) in [6.07, 6.45) is 9.96. The summed E-state index contributed by atoms with van der Waals surface area (Å²) < 4.78 is 27.7. The monoisotopic (exact) mass is 1200 g/mol. The van der Waals surface area contributed by atoms with Gasteiger partial charge in [-0.3, -0.25) is 19.0 Å². The van der Waals surface area contributed by atoms with Gasteiger partial charge in [0.25, 0.3) is 11.1 Å². The molecule has 0 aliphatic heterocycles. The third-order valence-electron chi connectivity index (χ3n) is 9.94. The van der Waals surface area contributed by atoms with E-state index in [4.69, 9.17) is 65.2 Å². The molecule has 0 aliphatic rings. The maximum Gasteiger partial charge on any atom is 0.276 e. The molecule has 6 heterocycles. The van der Waals surface area contributed by atoms with Gasteiger partial charge in [-0.25, -0.2) is 29.9 Å². The maximum atomic E-state index is 13.0. The van der Waals surface area contributed by atoms with Crippen molar-refractivity contribution in [1.82, 2.24) is 58.6 Å². The number of nitrogens with two attached hydrogens (primary N) is 2. The number of ether oxygens (including phenoxy) is 4. The van der Waals surface area contributed by atoms with Crippen molar-refractivity contribution >= 4 is 102 Å². The van der Waals surface area contributed by atoms with E-state index in [1.165, 1.54) is 43.8 Å². The highest BCUT2D eigenvalue weighted by Crippen LogP contribution is 2.39.